The van der Waals surface area contributed by atoms with Crippen LogP contribution < -0.4 is 5.73 Å². The molecule has 2 aromatic rings. The first kappa shape index (κ1) is 13.0. The molecule has 3 heterocycles. The summed E-state index contributed by atoms with van der Waals surface area (Å²) in [6.07, 6.45) is 2.58. The molecule has 8 nitrogen and oxygen atoms in total. The highest BCUT2D eigenvalue weighted by Gasteiger charge is 2.40. The number of hydrogen-bond acceptors (Lipinski definition) is 5. The molecule has 3 N–H and O–H groups in total. The lowest BCUT2D eigenvalue weighted by atomic mass is 10.2. The van der Waals surface area contributed by atoms with E-state index in [-0.39, 0.29) is 11.6 Å². The molecule has 20 heavy (non-hydrogen) atoms. The molecule has 2 aromatic heterocycles. The number of nitrogens with one attached hydrogen (secondary N) is 1. The summed E-state index contributed by atoms with van der Waals surface area (Å²) in [5.41, 5.74) is 5.59. The molecule has 0 spiro atoms. The van der Waals surface area contributed by atoms with E-state index in [2.05, 4.69) is 15.2 Å². The lowest BCUT2D eigenvalue weighted by molar-refractivity contribution is -0.121. The minimum Gasteiger partial charge on any atom is -0.368 e. The Morgan fingerprint density at radius 3 is 3.05 bits per heavy atom. The van der Waals surface area contributed by atoms with E-state index in [9.17, 15) is 13.2 Å². The summed E-state index contributed by atoms with van der Waals surface area (Å²) in [4.78, 5) is 15.3. The average Bonchev–Trinajstić information content (AvgIpc) is 3.06. The maximum atomic E-state index is 12.6. The van der Waals surface area contributed by atoms with Crippen molar-refractivity contribution in [3.05, 3.63) is 18.3 Å². The van der Waals surface area contributed by atoms with Crippen LogP contribution in [0.15, 0.2) is 23.4 Å². The van der Waals surface area contributed by atoms with Crippen molar-refractivity contribution >= 4 is 27.0 Å². The normalized spacial score (nSPS) is 20.5. The topological polar surface area (TPSA) is 122 Å². The van der Waals surface area contributed by atoms with Gasteiger partial charge in [-0.2, -0.15) is 9.40 Å². The van der Waals surface area contributed by atoms with Crippen LogP contribution in [-0.4, -0.2) is 46.4 Å². The highest BCUT2D eigenvalue weighted by Crippen LogP contribution is 2.28. The molecule has 1 atom stereocenters. The minimum absolute atomic E-state index is 0.0475. The number of primary amides is 1. The van der Waals surface area contributed by atoms with Crippen LogP contribution in [0.4, 0.5) is 0 Å². The van der Waals surface area contributed by atoms with Crippen molar-refractivity contribution in [1.29, 1.82) is 0 Å². The van der Waals surface area contributed by atoms with Gasteiger partial charge in [0, 0.05) is 12.7 Å². The molecule has 1 fully saturated rings. The summed E-state index contributed by atoms with van der Waals surface area (Å²) in [7, 11) is -3.84. The van der Waals surface area contributed by atoms with Gasteiger partial charge < -0.3 is 5.73 Å². The summed E-state index contributed by atoms with van der Waals surface area (Å²) in [6.45, 7) is 0.275. The number of carbonyl (C=O) groups excluding carboxylic acids is 1. The van der Waals surface area contributed by atoms with Crippen LogP contribution in [0.2, 0.25) is 0 Å². The number of pyridine rings is 1. The van der Waals surface area contributed by atoms with Gasteiger partial charge in [0.15, 0.2) is 10.7 Å². The van der Waals surface area contributed by atoms with Gasteiger partial charge in [0.2, 0.25) is 5.91 Å². The van der Waals surface area contributed by atoms with Gasteiger partial charge in [-0.3, -0.25) is 9.89 Å². The molecule has 0 saturated carbocycles. The van der Waals surface area contributed by atoms with E-state index < -0.39 is 22.0 Å². The molecule has 0 radical (unpaired) electrons. The summed E-state index contributed by atoms with van der Waals surface area (Å²) in [5, 5.41) is 6.72. The van der Waals surface area contributed by atoms with E-state index in [0.717, 1.165) is 4.31 Å². The Labute approximate surface area is 115 Å². The van der Waals surface area contributed by atoms with E-state index in [4.69, 9.17) is 5.73 Å². The Morgan fingerprint density at radius 2 is 2.30 bits per heavy atom. The fourth-order valence-electron chi connectivity index (χ4n) is 2.45. The standard InChI is InChI=1S/C11H13N5O3S/c12-9(17)8-4-2-6-16(8)20(18,19)11-7-3-1-5-13-10(7)14-15-11/h1,3,5,8H,2,4,6H2,(H2,12,17)(H,13,14,15). The van der Waals surface area contributed by atoms with E-state index in [1.54, 1.807) is 12.1 Å². The van der Waals surface area contributed by atoms with Gasteiger partial charge in [0.1, 0.15) is 6.04 Å². The summed E-state index contributed by atoms with van der Waals surface area (Å²) >= 11 is 0. The number of fused-ring (bicyclic) bond motifs is 1. The second kappa shape index (κ2) is 4.53. The highest BCUT2D eigenvalue weighted by atomic mass is 32.2. The Bertz CT molecular complexity index is 769. The largest absolute Gasteiger partial charge is 0.368 e. The number of sulfonamides is 1. The van der Waals surface area contributed by atoms with Crippen LogP contribution in [0, 0.1) is 0 Å². The third-order valence-corrected chi connectivity index (χ3v) is 5.28. The monoisotopic (exact) mass is 295 g/mol. The number of amides is 1. The predicted molar refractivity (Wildman–Crippen MR) is 70.0 cm³/mol. The van der Waals surface area contributed by atoms with Crippen molar-refractivity contribution in [2.75, 3.05) is 6.54 Å². The third-order valence-electron chi connectivity index (χ3n) is 3.39. The lowest BCUT2D eigenvalue weighted by Gasteiger charge is -2.20. The number of aromatic amines is 1. The zero-order valence-electron chi connectivity index (χ0n) is 10.5. The van der Waals surface area contributed by atoms with Crippen molar-refractivity contribution in [3.63, 3.8) is 0 Å². The number of hydrogen-bond donors (Lipinski definition) is 2. The molecule has 1 saturated heterocycles. The summed E-state index contributed by atoms with van der Waals surface area (Å²) in [5.74, 6) is -0.631. The molecule has 106 valence electrons. The first-order valence-electron chi connectivity index (χ1n) is 6.12. The van der Waals surface area contributed by atoms with E-state index in [1.807, 2.05) is 0 Å². The van der Waals surface area contributed by atoms with Gasteiger partial charge in [-0.25, -0.2) is 13.4 Å². The van der Waals surface area contributed by atoms with Crippen LogP contribution >= 0.6 is 0 Å². The molecule has 1 amide bonds. The predicted octanol–water partition coefficient (Wildman–Crippen LogP) is -0.404. The maximum Gasteiger partial charge on any atom is 0.261 e. The molecule has 1 unspecified atom stereocenters. The Balaban J connectivity index is 2.10. The maximum absolute atomic E-state index is 12.6. The average molecular weight is 295 g/mol. The second-order valence-corrected chi connectivity index (χ2v) is 6.43. The lowest BCUT2D eigenvalue weighted by Crippen LogP contribution is -2.43. The Hall–Kier alpha value is -2.00. The second-order valence-electron chi connectivity index (χ2n) is 4.60. The van der Waals surface area contributed by atoms with Gasteiger partial charge in [-0.1, -0.05) is 0 Å². The molecule has 1 aliphatic rings. The Morgan fingerprint density at radius 1 is 1.50 bits per heavy atom. The summed E-state index contributed by atoms with van der Waals surface area (Å²) < 4.78 is 26.4. The van der Waals surface area contributed by atoms with Crippen LogP contribution in [0.25, 0.3) is 11.0 Å². The number of aromatic nitrogens is 3. The third kappa shape index (κ3) is 1.86. The quantitative estimate of drug-likeness (QED) is 0.797. The van der Waals surface area contributed by atoms with E-state index in [1.165, 1.54) is 6.20 Å². The molecule has 0 bridgehead atoms. The van der Waals surface area contributed by atoms with Crippen molar-refractivity contribution in [2.24, 2.45) is 5.73 Å². The van der Waals surface area contributed by atoms with Crippen molar-refractivity contribution < 1.29 is 13.2 Å². The van der Waals surface area contributed by atoms with Gasteiger partial charge in [0.05, 0.1) is 5.39 Å². The van der Waals surface area contributed by atoms with E-state index >= 15 is 0 Å². The first-order valence-corrected chi connectivity index (χ1v) is 7.56. The Kier molecular flexibility index (Phi) is 2.94. The summed E-state index contributed by atoms with van der Waals surface area (Å²) in [6, 6.07) is 2.45. The fourth-order valence-corrected chi connectivity index (χ4v) is 4.20. The van der Waals surface area contributed by atoms with Gasteiger partial charge in [-0.05, 0) is 25.0 Å². The van der Waals surface area contributed by atoms with E-state index in [0.29, 0.717) is 23.9 Å². The molecule has 0 aliphatic carbocycles. The molecule has 1 aliphatic heterocycles. The van der Waals surface area contributed by atoms with Crippen LogP contribution in [-0.2, 0) is 14.8 Å². The van der Waals surface area contributed by atoms with Crippen LogP contribution in [0.1, 0.15) is 12.8 Å². The number of nitrogens with zero attached hydrogens (tertiary/aromatic N) is 3. The number of rotatable bonds is 3. The van der Waals surface area contributed by atoms with Crippen molar-refractivity contribution in [3.8, 4) is 0 Å². The molecular weight excluding hydrogens is 282 g/mol. The smallest absolute Gasteiger partial charge is 0.261 e. The molecule has 0 aromatic carbocycles. The van der Waals surface area contributed by atoms with Crippen molar-refractivity contribution in [1.82, 2.24) is 19.5 Å². The molecule has 9 heteroatoms. The van der Waals surface area contributed by atoms with Crippen LogP contribution in [0.5, 0.6) is 0 Å². The number of nitrogens with two attached hydrogens (primary N) is 1. The van der Waals surface area contributed by atoms with Crippen LogP contribution in [0.3, 0.4) is 0 Å². The molecule has 3 rings (SSSR count). The van der Waals surface area contributed by atoms with Gasteiger partial charge in [0.25, 0.3) is 10.0 Å². The molecular formula is C11H13N5O3S. The highest BCUT2D eigenvalue weighted by molar-refractivity contribution is 7.89. The first-order chi connectivity index (χ1) is 9.51. The zero-order chi connectivity index (χ0) is 14.3. The van der Waals surface area contributed by atoms with Gasteiger partial charge in [-0.15, -0.1) is 0 Å². The van der Waals surface area contributed by atoms with Gasteiger partial charge >= 0.3 is 0 Å². The van der Waals surface area contributed by atoms with Crippen molar-refractivity contribution in [2.45, 2.75) is 23.9 Å². The number of H-pyrrole nitrogens is 1. The zero-order valence-corrected chi connectivity index (χ0v) is 11.3. The number of carbonyl (C=O) groups is 1. The fraction of sp³-hybridized carbons (Fsp3) is 0.364. The SMILES string of the molecule is NC(=O)C1CCCN1S(=O)(=O)c1[nH]nc2ncccc12. The minimum atomic E-state index is -3.84.